The SMILES string of the molecule is CCCCCCCCCCCCCCCCCCNC(=O)c1ccc(-c2ccc(C(=O)NCCCCCCCCCCCCCCCCCC)cn2)nc1. The van der Waals surface area contributed by atoms with E-state index in [1.165, 1.54) is 180 Å². The zero-order chi connectivity index (χ0) is 38.6. The number of aromatic nitrogens is 2. The van der Waals surface area contributed by atoms with Crippen molar-refractivity contribution in [3.05, 3.63) is 47.8 Å². The lowest BCUT2D eigenvalue weighted by atomic mass is 10.0. The molecule has 2 N–H and O–H groups in total. The maximum atomic E-state index is 12.6. The van der Waals surface area contributed by atoms with Crippen LogP contribution in [0.25, 0.3) is 11.4 Å². The molecule has 0 aliphatic heterocycles. The minimum atomic E-state index is -0.0840. The zero-order valence-electron chi connectivity index (χ0n) is 35.2. The summed E-state index contributed by atoms with van der Waals surface area (Å²) in [6.45, 7) is 5.96. The first-order valence-corrected chi connectivity index (χ1v) is 23.1. The maximum Gasteiger partial charge on any atom is 0.252 e. The van der Waals surface area contributed by atoms with Crippen molar-refractivity contribution in [3.63, 3.8) is 0 Å². The second-order valence-corrected chi connectivity index (χ2v) is 16.0. The third-order valence-corrected chi connectivity index (χ3v) is 10.9. The molecule has 2 aromatic rings. The number of nitrogens with zero attached hydrogens (tertiary/aromatic N) is 2. The monoisotopic (exact) mass is 747 g/mol. The molecule has 54 heavy (non-hydrogen) atoms. The molecule has 0 fully saturated rings. The van der Waals surface area contributed by atoms with Gasteiger partial charge in [0.1, 0.15) is 0 Å². The Kier molecular flexibility index (Phi) is 30.5. The van der Waals surface area contributed by atoms with E-state index in [2.05, 4.69) is 34.4 Å². The highest BCUT2D eigenvalue weighted by Crippen LogP contribution is 2.17. The van der Waals surface area contributed by atoms with E-state index in [9.17, 15) is 9.59 Å². The van der Waals surface area contributed by atoms with E-state index in [4.69, 9.17) is 0 Å². The van der Waals surface area contributed by atoms with Crippen molar-refractivity contribution in [2.75, 3.05) is 13.1 Å². The van der Waals surface area contributed by atoms with Crippen molar-refractivity contribution in [2.24, 2.45) is 0 Å². The van der Waals surface area contributed by atoms with Gasteiger partial charge in [-0.15, -0.1) is 0 Å². The molecule has 0 aromatic carbocycles. The number of carbonyl (C=O) groups excluding carboxylic acids is 2. The van der Waals surface area contributed by atoms with Crippen LogP contribution in [0.15, 0.2) is 36.7 Å². The summed E-state index contributed by atoms with van der Waals surface area (Å²) in [5.41, 5.74) is 2.48. The van der Waals surface area contributed by atoms with Crippen molar-refractivity contribution in [1.82, 2.24) is 20.6 Å². The van der Waals surface area contributed by atoms with Gasteiger partial charge in [-0.05, 0) is 37.1 Å². The molecule has 0 spiro atoms. The van der Waals surface area contributed by atoms with Crippen LogP contribution in [0, 0.1) is 0 Å². The summed E-state index contributed by atoms with van der Waals surface area (Å²) in [5, 5.41) is 6.08. The highest BCUT2D eigenvalue weighted by molar-refractivity contribution is 5.94. The van der Waals surface area contributed by atoms with Gasteiger partial charge in [-0.25, -0.2) is 0 Å². The van der Waals surface area contributed by atoms with E-state index >= 15 is 0 Å². The molecule has 0 saturated carbocycles. The number of hydrogen-bond acceptors (Lipinski definition) is 4. The van der Waals surface area contributed by atoms with Crippen LogP contribution in [0.4, 0.5) is 0 Å². The number of pyridine rings is 2. The average molecular weight is 747 g/mol. The molecular formula is C48H82N4O2. The minimum absolute atomic E-state index is 0.0840. The fraction of sp³-hybridized carbons (Fsp3) is 0.750. The smallest absolute Gasteiger partial charge is 0.252 e. The normalized spacial score (nSPS) is 11.2. The largest absolute Gasteiger partial charge is 0.352 e. The van der Waals surface area contributed by atoms with Gasteiger partial charge in [0, 0.05) is 25.5 Å². The highest BCUT2D eigenvalue weighted by atomic mass is 16.2. The van der Waals surface area contributed by atoms with Crippen LogP contribution < -0.4 is 10.6 Å². The number of amides is 2. The number of carbonyl (C=O) groups is 2. The average Bonchev–Trinajstić information content (AvgIpc) is 3.20. The van der Waals surface area contributed by atoms with Crippen molar-refractivity contribution in [3.8, 4) is 11.4 Å². The highest BCUT2D eigenvalue weighted by Gasteiger charge is 2.10. The van der Waals surface area contributed by atoms with E-state index < -0.39 is 0 Å². The topological polar surface area (TPSA) is 84.0 Å². The Morgan fingerprint density at radius 2 is 0.611 bits per heavy atom. The first-order chi connectivity index (χ1) is 26.7. The van der Waals surface area contributed by atoms with E-state index in [1.54, 1.807) is 24.5 Å². The van der Waals surface area contributed by atoms with Gasteiger partial charge in [-0.1, -0.05) is 206 Å². The molecule has 6 heteroatoms. The molecule has 0 saturated heterocycles. The third-order valence-electron chi connectivity index (χ3n) is 10.9. The third kappa shape index (κ3) is 25.3. The Morgan fingerprint density at radius 1 is 0.370 bits per heavy atom. The van der Waals surface area contributed by atoms with E-state index in [1.807, 2.05) is 12.1 Å². The quantitative estimate of drug-likeness (QED) is 0.0674. The van der Waals surface area contributed by atoms with E-state index in [-0.39, 0.29) is 11.8 Å². The molecule has 2 rings (SSSR count). The van der Waals surface area contributed by atoms with Crippen LogP contribution in [0.2, 0.25) is 0 Å². The van der Waals surface area contributed by atoms with Gasteiger partial charge in [-0.2, -0.15) is 0 Å². The minimum Gasteiger partial charge on any atom is -0.352 e. The van der Waals surface area contributed by atoms with Gasteiger partial charge in [0.15, 0.2) is 0 Å². The molecule has 2 amide bonds. The molecule has 0 atom stereocenters. The molecule has 0 unspecified atom stereocenters. The van der Waals surface area contributed by atoms with Crippen molar-refractivity contribution >= 4 is 11.8 Å². The second-order valence-electron chi connectivity index (χ2n) is 16.0. The van der Waals surface area contributed by atoms with Crippen LogP contribution in [0.5, 0.6) is 0 Å². The van der Waals surface area contributed by atoms with Crippen molar-refractivity contribution in [1.29, 1.82) is 0 Å². The summed E-state index contributed by atoms with van der Waals surface area (Å²) in [4.78, 5) is 34.2. The van der Waals surface area contributed by atoms with Crippen molar-refractivity contribution < 1.29 is 9.59 Å². The van der Waals surface area contributed by atoms with Gasteiger partial charge in [0.05, 0.1) is 22.5 Å². The van der Waals surface area contributed by atoms with Gasteiger partial charge in [-0.3, -0.25) is 19.6 Å². The van der Waals surface area contributed by atoms with Gasteiger partial charge >= 0.3 is 0 Å². The summed E-state index contributed by atoms with van der Waals surface area (Å²) >= 11 is 0. The molecule has 0 aliphatic rings. The Hall–Kier alpha value is -2.76. The molecular weight excluding hydrogens is 665 g/mol. The second kappa shape index (κ2) is 34.7. The molecule has 0 radical (unpaired) electrons. The predicted octanol–water partition coefficient (Wildman–Crippen LogP) is 14.1. The lowest BCUT2D eigenvalue weighted by Gasteiger charge is -2.07. The summed E-state index contributed by atoms with van der Waals surface area (Å²) in [7, 11) is 0. The molecule has 2 heterocycles. The lowest BCUT2D eigenvalue weighted by Crippen LogP contribution is -2.24. The number of nitrogens with one attached hydrogen (secondary N) is 2. The predicted molar refractivity (Wildman–Crippen MR) is 231 cm³/mol. The molecule has 0 bridgehead atoms. The van der Waals surface area contributed by atoms with Gasteiger partial charge in [0.25, 0.3) is 11.8 Å². The van der Waals surface area contributed by atoms with Crippen LogP contribution in [-0.2, 0) is 0 Å². The molecule has 6 nitrogen and oxygen atoms in total. The van der Waals surface area contributed by atoms with Crippen LogP contribution >= 0.6 is 0 Å². The molecule has 2 aromatic heterocycles. The Bertz CT molecular complexity index is 1060. The first-order valence-electron chi connectivity index (χ1n) is 23.1. The van der Waals surface area contributed by atoms with Crippen LogP contribution in [0.1, 0.15) is 240 Å². The van der Waals surface area contributed by atoms with E-state index in [0.717, 1.165) is 25.7 Å². The molecule has 0 aliphatic carbocycles. The maximum absolute atomic E-state index is 12.6. The summed E-state index contributed by atoms with van der Waals surface area (Å²) in [6, 6.07) is 7.24. The Morgan fingerprint density at radius 3 is 0.833 bits per heavy atom. The van der Waals surface area contributed by atoms with Crippen molar-refractivity contribution in [2.45, 2.75) is 219 Å². The number of unbranched alkanes of at least 4 members (excludes halogenated alkanes) is 30. The van der Waals surface area contributed by atoms with Gasteiger partial charge < -0.3 is 10.6 Å². The molecule has 306 valence electrons. The number of hydrogen-bond donors (Lipinski definition) is 2. The lowest BCUT2D eigenvalue weighted by molar-refractivity contribution is 0.0944. The van der Waals surface area contributed by atoms with Crippen LogP contribution in [-0.4, -0.2) is 34.9 Å². The first kappa shape index (κ1) is 47.4. The van der Waals surface area contributed by atoms with Gasteiger partial charge in [0.2, 0.25) is 0 Å². The summed E-state index contributed by atoms with van der Waals surface area (Å²) in [5.74, 6) is -0.168. The standard InChI is InChI=1S/C48H82N4O2/c1-3-5-7-9-11-13-15-17-19-21-23-25-27-29-31-33-39-49-47(53)43-35-37-45(51-41-43)46-38-36-44(42-52-46)48(54)50-40-34-32-30-28-26-24-22-20-18-16-14-12-10-8-6-4-2/h35-38,41-42H,3-34,39-40H2,1-2H3,(H,49,53)(H,50,54). The Labute approximate surface area is 332 Å². The van der Waals surface area contributed by atoms with E-state index in [0.29, 0.717) is 35.6 Å². The fourth-order valence-corrected chi connectivity index (χ4v) is 7.31. The summed E-state index contributed by atoms with van der Waals surface area (Å²) < 4.78 is 0. The fourth-order valence-electron chi connectivity index (χ4n) is 7.31. The summed E-state index contributed by atoms with van der Waals surface area (Å²) in [6.07, 6.45) is 46.2. The Balaban J connectivity index is 1.44. The zero-order valence-corrected chi connectivity index (χ0v) is 35.2. The van der Waals surface area contributed by atoms with Crippen LogP contribution in [0.3, 0.4) is 0 Å². The number of rotatable bonds is 37.